The Morgan fingerprint density at radius 3 is 2.90 bits per heavy atom. The van der Waals surface area contributed by atoms with Crippen LogP contribution in [0, 0.1) is 11.3 Å². The number of fused-ring (bicyclic) bond motifs is 1. The molecule has 1 aromatic rings. The van der Waals surface area contributed by atoms with Crippen molar-refractivity contribution in [3.8, 4) is 5.75 Å². The molecule has 0 aromatic heterocycles. The van der Waals surface area contributed by atoms with Crippen molar-refractivity contribution in [3.63, 3.8) is 0 Å². The Hall–Kier alpha value is -1.55. The molecule has 1 aromatic carbocycles. The van der Waals surface area contributed by atoms with Crippen molar-refractivity contribution < 1.29 is 4.74 Å². The molecule has 1 saturated heterocycles. The number of nitrogens with zero attached hydrogens (tertiary/aromatic N) is 1. The fourth-order valence-corrected chi connectivity index (χ4v) is 4.04. The Balaban J connectivity index is 1.82. The minimum Gasteiger partial charge on any atom is -0.496 e. The molecule has 0 spiro atoms. The smallest absolute Gasteiger partial charge is 0.123 e. The van der Waals surface area contributed by atoms with Gasteiger partial charge in [-0.05, 0) is 56.3 Å². The molecule has 2 unspecified atom stereocenters. The van der Waals surface area contributed by atoms with Gasteiger partial charge in [0.05, 0.1) is 7.11 Å². The van der Waals surface area contributed by atoms with Crippen LogP contribution in [0.5, 0.6) is 5.75 Å². The zero-order valence-corrected chi connectivity index (χ0v) is 12.8. The number of nitrogens with two attached hydrogens (primary N) is 1. The number of hydrogen-bond donors (Lipinski definition) is 2. The molecule has 4 heteroatoms. The molecular formula is C17H25N3O. The molecule has 21 heavy (non-hydrogen) atoms. The van der Waals surface area contributed by atoms with Gasteiger partial charge >= 0.3 is 0 Å². The summed E-state index contributed by atoms with van der Waals surface area (Å²) in [6.07, 6.45) is 6.79. The van der Waals surface area contributed by atoms with Crippen LogP contribution in [0.15, 0.2) is 18.2 Å². The van der Waals surface area contributed by atoms with Crippen molar-refractivity contribution in [1.29, 1.82) is 5.41 Å². The first kappa shape index (κ1) is 14.4. The number of benzene rings is 1. The largest absolute Gasteiger partial charge is 0.496 e. The number of methoxy groups -OCH3 is 1. The molecule has 114 valence electrons. The summed E-state index contributed by atoms with van der Waals surface area (Å²) in [5.74, 6) is 1.91. The molecule has 1 aliphatic carbocycles. The number of nitrogens with one attached hydrogen (secondary N) is 1. The van der Waals surface area contributed by atoms with E-state index in [2.05, 4.69) is 4.90 Å². The second-order valence-corrected chi connectivity index (χ2v) is 6.31. The highest BCUT2D eigenvalue weighted by atomic mass is 16.5. The minimum atomic E-state index is 0.122. The molecule has 0 amide bonds. The van der Waals surface area contributed by atoms with E-state index in [0.29, 0.717) is 0 Å². The molecule has 0 radical (unpaired) electrons. The van der Waals surface area contributed by atoms with E-state index in [1.54, 1.807) is 7.11 Å². The Bertz CT molecular complexity index is 529. The first-order valence-electron chi connectivity index (χ1n) is 7.94. The van der Waals surface area contributed by atoms with Gasteiger partial charge in [-0.1, -0.05) is 6.42 Å². The minimum absolute atomic E-state index is 0.122. The van der Waals surface area contributed by atoms with Crippen molar-refractivity contribution in [2.24, 2.45) is 11.7 Å². The van der Waals surface area contributed by atoms with Crippen LogP contribution in [0.3, 0.4) is 0 Å². The number of rotatable bonds is 4. The average Bonchev–Trinajstić information content (AvgIpc) is 2.96. The zero-order valence-electron chi connectivity index (χ0n) is 12.8. The predicted octanol–water partition coefficient (Wildman–Crippen LogP) is 2.74. The van der Waals surface area contributed by atoms with Crippen LogP contribution >= 0.6 is 0 Å². The van der Waals surface area contributed by atoms with Crippen LogP contribution in [-0.2, 0) is 6.54 Å². The maximum atomic E-state index is 7.62. The molecule has 1 saturated carbocycles. The fourth-order valence-electron chi connectivity index (χ4n) is 4.04. The lowest BCUT2D eigenvalue weighted by Gasteiger charge is -2.38. The lowest BCUT2D eigenvalue weighted by molar-refractivity contribution is 0.105. The summed E-state index contributed by atoms with van der Waals surface area (Å²) < 4.78 is 5.49. The highest BCUT2D eigenvalue weighted by Gasteiger charge is 2.35. The number of nitrogen functional groups attached to an aromatic ring is 1. The third-order valence-electron chi connectivity index (χ3n) is 5.07. The number of likely N-dealkylation sites (tertiary alicyclic amines) is 1. The first-order valence-corrected chi connectivity index (χ1v) is 7.94. The quantitative estimate of drug-likeness (QED) is 0.661. The molecule has 4 nitrogen and oxygen atoms in total. The van der Waals surface area contributed by atoms with Gasteiger partial charge in [-0.15, -0.1) is 0 Å². The predicted molar refractivity (Wildman–Crippen MR) is 84.8 cm³/mol. The highest BCUT2D eigenvalue weighted by molar-refractivity contribution is 5.95. The Labute approximate surface area is 126 Å². The van der Waals surface area contributed by atoms with Crippen LogP contribution in [-0.4, -0.2) is 30.4 Å². The summed E-state index contributed by atoms with van der Waals surface area (Å²) >= 11 is 0. The normalized spacial score (nSPS) is 25.6. The third-order valence-corrected chi connectivity index (χ3v) is 5.07. The zero-order chi connectivity index (χ0) is 14.8. The second kappa shape index (κ2) is 6.06. The molecule has 1 heterocycles. The molecular weight excluding hydrogens is 262 g/mol. The summed E-state index contributed by atoms with van der Waals surface area (Å²) in [4.78, 5) is 2.61. The topological polar surface area (TPSA) is 62.3 Å². The molecule has 0 bridgehead atoms. The van der Waals surface area contributed by atoms with Crippen LogP contribution in [0.1, 0.15) is 43.2 Å². The maximum Gasteiger partial charge on any atom is 0.123 e. The Morgan fingerprint density at radius 2 is 2.14 bits per heavy atom. The molecule has 3 rings (SSSR count). The molecule has 3 N–H and O–H groups in total. The fraction of sp³-hybridized carbons (Fsp3) is 0.588. The van der Waals surface area contributed by atoms with E-state index in [1.165, 1.54) is 38.6 Å². The van der Waals surface area contributed by atoms with Gasteiger partial charge in [-0.2, -0.15) is 0 Å². The summed E-state index contributed by atoms with van der Waals surface area (Å²) in [5, 5.41) is 7.62. The van der Waals surface area contributed by atoms with Crippen LogP contribution < -0.4 is 10.5 Å². The van der Waals surface area contributed by atoms with E-state index in [-0.39, 0.29) is 5.84 Å². The van der Waals surface area contributed by atoms with Gasteiger partial charge < -0.3 is 10.5 Å². The SMILES string of the molecule is COc1ccc(C(=N)N)cc1CN1CCCC2CCCC21. The van der Waals surface area contributed by atoms with Gasteiger partial charge in [-0.3, -0.25) is 10.3 Å². The van der Waals surface area contributed by atoms with Gasteiger partial charge in [0, 0.05) is 23.7 Å². The van der Waals surface area contributed by atoms with Crippen LogP contribution in [0.2, 0.25) is 0 Å². The molecule has 2 aliphatic rings. The standard InChI is InChI=1S/C17H25N3O/c1-21-16-8-7-13(17(18)19)10-14(16)11-20-9-3-5-12-4-2-6-15(12)20/h7-8,10,12,15H,2-6,9,11H2,1H3,(H3,18,19). The van der Waals surface area contributed by atoms with Crippen molar-refractivity contribution in [2.75, 3.05) is 13.7 Å². The van der Waals surface area contributed by atoms with E-state index in [9.17, 15) is 0 Å². The number of hydrogen-bond acceptors (Lipinski definition) is 3. The lowest BCUT2D eigenvalue weighted by Crippen LogP contribution is -2.41. The van der Waals surface area contributed by atoms with Crippen molar-refractivity contribution in [1.82, 2.24) is 4.90 Å². The highest BCUT2D eigenvalue weighted by Crippen LogP contribution is 2.38. The van der Waals surface area contributed by atoms with Crippen molar-refractivity contribution >= 4 is 5.84 Å². The monoisotopic (exact) mass is 287 g/mol. The number of piperidine rings is 1. The average molecular weight is 287 g/mol. The lowest BCUT2D eigenvalue weighted by atomic mass is 9.91. The Kier molecular flexibility index (Phi) is 4.15. The van der Waals surface area contributed by atoms with E-state index in [1.807, 2.05) is 18.2 Å². The molecule has 2 fully saturated rings. The van der Waals surface area contributed by atoms with E-state index < -0.39 is 0 Å². The number of ether oxygens (including phenoxy) is 1. The molecule has 1 aliphatic heterocycles. The van der Waals surface area contributed by atoms with Gasteiger partial charge in [0.15, 0.2) is 0 Å². The van der Waals surface area contributed by atoms with E-state index >= 15 is 0 Å². The van der Waals surface area contributed by atoms with Crippen molar-refractivity contribution in [3.05, 3.63) is 29.3 Å². The van der Waals surface area contributed by atoms with E-state index in [0.717, 1.165) is 35.4 Å². The first-order chi connectivity index (χ1) is 10.2. The van der Waals surface area contributed by atoms with Crippen LogP contribution in [0.4, 0.5) is 0 Å². The van der Waals surface area contributed by atoms with Gasteiger partial charge in [0.25, 0.3) is 0 Å². The van der Waals surface area contributed by atoms with Gasteiger partial charge in [0.2, 0.25) is 0 Å². The maximum absolute atomic E-state index is 7.62. The van der Waals surface area contributed by atoms with Crippen LogP contribution in [0.25, 0.3) is 0 Å². The van der Waals surface area contributed by atoms with E-state index in [4.69, 9.17) is 15.9 Å². The second-order valence-electron chi connectivity index (χ2n) is 6.31. The van der Waals surface area contributed by atoms with Gasteiger partial charge in [-0.25, -0.2) is 0 Å². The molecule has 2 atom stereocenters. The Morgan fingerprint density at radius 1 is 1.33 bits per heavy atom. The summed E-state index contributed by atoms with van der Waals surface area (Å²) in [6.45, 7) is 2.08. The summed E-state index contributed by atoms with van der Waals surface area (Å²) in [6, 6.07) is 6.55. The number of amidine groups is 1. The third kappa shape index (κ3) is 2.91. The summed E-state index contributed by atoms with van der Waals surface area (Å²) in [5.41, 5.74) is 7.56. The summed E-state index contributed by atoms with van der Waals surface area (Å²) in [7, 11) is 1.71. The van der Waals surface area contributed by atoms with Crippen molar-refractivity contribution in [2.45, 2.75) is 44.7 Å². The van der Waals surface area contributed by atoms with Gasteiger partial charge in [0.1, 0.15) is 11.6 Å².